The van der Waals surface area contributed by atoms with E-state index in [4.69, 9.17) is 15.0 Å². The second-order valence-corrected chi connectivity index (χ2v) is 9.66. The summed E-state index contributed by atoms with van der Waals surface area (Å²) < 4.78 is 23.2. The lowest BCUT2D eigenvalue weighted by molar-refractivity contribution is -0.173. The lowest BCUT2D eigenvalue weighted by Crippen LogP contribution is -2.41. The standard InChI is InChI=1S/C19H35N2O7P/c1-19(2,3)18(25)27-16(10-6-4-5-7-11-20)28-29(26)13-15(22)21-12-8-9-14(21)17(23)24/h14,16,29H,4-13,20H2,1-3H3,(H,23,24)/t14-,16?/m0/s1. The summed E-state index contributed by atoms with van der Waals surface area (Å²) in [5.41, 5.74) is 4.73. The average molecular weight is 434 g/mol. The number of carbonyl (C=O) groups excluding carboxylic acids is 2. The van der Waals surface area contributed by atoms with E-state index in [1.165, 1.54) is 4.90 Å². The number of nitrogens with two attached hydrogens (primary N) is 1. The fourth-order valence-corrected chi connectivity index (χ4v) is 3.97. The number of likely N-dealkylation sites (tertiary alicyclic amines) is 1. The molecule has 1 aliphatic heterocycles. The van der Waals surface area contributed by atoms with Crippen LogP contribution in [0.5, 0.6) is 0 Å². The first-order valence-electron chi connectivity index (χ1n) is 10.2. The van der Waals surface area contributed by atoms with Gasteiger partial charge in [0.1, 0.15) is 12.2 Å². The van der Waals surface area contributed by atoms with E-state index in [-0.39, 0.29) is 0 Å². The lowest BCUT2D eigenvalue weighted by atomic mass is 9.97. The van der Waals surface area contributed by atoms with Crippen molar-refractivity contribution in [2.45, 2.75) is 78.0 Å². The molecule has 0 aliphatic carbocycles. The Hall–Kier alpha value is -1.44. The van der Waals surface area contributed by atoms with Crippen LogP contribution in [0, 0.1) is 5.41 Å². The highest BCUT2D eigenvalue weighted by atomic mass is 31.1. The molecule has 0 aromatic rings. The molecule has 0 bridgehead atoms. The SMILES string of the molecule is CC(C)(C)C(=O)OC(CCCCCCN)O[PH](=O)CC(=O)N1CCC[C@H]1C(=O)O. The molecule has 1 heterocycles. The maximum absolute atomic E-state index is 12.4. The number of aliphatic carboxylic acids is 1. The van der Waals surface area contributed by atoms with Gasteiger partial charge in [-0.05, 0) is 53.0 Å². The molecule has 10 heteroatoms. The van der Waals surface area contributed by atoms with E-state index < -0.39 is 49.8 Å². The maximum atomic E-state index is 12.4. The molecule has 1 aliphatic rings. The smallest absolute Gasteiger partial charge is 0.326 e. The Kier molecular flexibility index (Phi) is 10.9. The van der Waals surface area contributed by atoms with Crippen LogP contribution in [-0.2, 0) is 28.2 Å². The van der Waals surface area contributed by atoms with Gasteiger partial charge in [-0.25, -0.2) is 4.79 Å². The zero-order valence-electron chi connectivity index (χ0n) is 17.6. The molecule has 3 atom stereocenters. The Balaban J connectivity index is 2.62. The van der Waals surface area contributed by atoms with E-state index in [9.17, 15) is 24.1 Å². The highest BCUT2D eigenvalue weighted by molar-refractivity contribution is 7.40. The average Bonchev–Trinajstić information content (AvgIpc) is 3.10. The Morgan fingerprint density at radius 2 is 1.86 bits per heavy atom. The van der Waals surface area contributed by atoms with Crippen LogP contribution in [0.1, 0.15) is 65.7 Å². The number of unbranched alkanes of at least 4 members (excludes halogenated alkanes) is 3. The number of carboxylic acids is 1. The van der Waals surface area contributed by atoms with Crippen LogP contribution >= 0.6 is 8.03 Å². The number of ether oxygens (including phenoxy) is 1. The molecule has 168 valence electrons. The van der Waals surface area contributed by atoms with Gasteiger partial charge in [-0.15, -0.1) is 0 Å². The van der Waals surface area contributed by atoms with Crippen LogP contribution < -0.4 is 5.73 Å². The monoisotopic (exact) mass is 434 g/mol. The van der Waals surface area contributed by atoms with E-state index in [1.54, 1.807) is 20.8 Å². The van der Waals surface area contributed by atoms with Gasteiger partial charge in [0.15, 0.2) is 0 Å². The quantitative estimate of drug-likeness (QED) is 0.207. The van der Waals surface area contributed by atoms with Gasteiger partial charge in [0.2, 0.25) is 20.2 Å². The number of carboxylic acid groups (broad SMARTS) is 1. The van der Waals surface area contributed by atoms with Crippen LogP contribution in [-0.4, -0.2) is 59.4 Å². The van der Waals surface area contributed by atoms with Crippen LogP contribution in [0.25, 0.3) is 0 Å². The van der Waals surface area contributed by atoms with Crippen molar-refractivity contribution in [3.05, 3.63) is 0 Å². The second-order valence-electron chi connectivity index (χ2n) is 8.33. The molecule has 1 fully saturated rings. The largest absolute Gasteiger partial charge is 0.480 e. The summed E-state index contributed by atoms with van der Waals surface area (Å²) in [6, 6.07) is -0.880. The van der Waals surface area contributed by atoms with Crippen LogP contribution in [0.3, 0.4) is 0 Å². The molecule has 0 radical (unpaired) electrons. The van der Waals surface area contributed by atoms with Gasteiger partial charge in [-0.1, -0.05) is 12.8 Å². The Morgan fingerprint density at radius 3 is 2.45 bits per heavy atom. The summed E-state index contributed by atoms with van der Waals surface area (Å²) in [4.78, 5) is 37.0. The molecule has 9 nitrogen and oxygen atoms in total. The highest BCUT2D eigenvalue weighted by Gasteiger charge is 2.35. The number of amides is 1. The maximum Gasteiger partial charge on any atom is 0.326 e. The first-order valence-corrected chi connectivity index (χ1v) is 11.7. The third-order valence-corrected chi connectivity index (χ3v) is 5.78. The van der Waals surface area contributed by atoms with Gasteiger partial charge in [0, 0.05) is 13.0 Å². The van der Waals surface area contributed by atoms with Crippen molar-refractivity contribution in [2.75, 3.05) is 19.3 Å². The predicted molar refractivity (Wildman–Crippen MR) is 109 cm³/mol. The van der Waals surface area contributed by atoms with Gasteiger partial charge < -0.3 is 20.5 Å². The number of carbonyl (C=O) groups is 3. The van der Waals surface area contributed by atoms with Gasteiger partial charge in [-0.2, -0.15) is 0 Å². The summed E-state index contributed by atoms with van der Waals surface area (Å²) in [5.74, 6) is -2.05. The van der Waals surface area contributed by atoms with Crippen molar-refractivity contribution < 1.29 is 33.3 Å². The van der Waals surface area contributed by atoms with Crippen molar-refractivity contribution >= 4 is 25.9 Å². The van der Waals surface area contributed by atoms with Crippen molar-refractivity contribution in [1.29, 1.82) is 0 Å². The lowest BCUT2D eigenvalue weighted by Gasteiger charge is -2.24. The molecule has 0 saturated carbocycles. The van der Waals surface area contributed by atoms with E-state index in [2.05, 4.69) is 0 Å². The fourth-order valence-electron chi connectivity index (χ4n) is 2.98. The van der Waals surface area contributed by atoms with Gasteiger partial charge in [0.25, 0.3) is 0 Å². The number of hydrogen-bond acceptors (Lipinski definition) is 7. The van der Waals surface area contributed by atoms with Crippen molar-refractivity contribution in [2.24, 2.45) is 11.1 Å². The first kappa shape index (κ1) is 25.6. The summed E-state index contributed by atoms with van der Waals surface area (Å²) >= 11 is 0. The molecular formula is C19H35N2O7P. The normalized spacial score (nSPS) is 19.0. The van der Waals surface area contributed by atoms with E-state index >= 15 is 0 Å². The minimum Gasteiger partial charge on any atom is -0.480 e. The Labute approximate surface area is 173 Å². The van der Waals surface area contributed by atoms with Crippen molar-refractivity contribution in [3.8, 4) is 0 Å². The molecule has 1 saturated heterocycles. The molecule has 0 spiro atoms. The number of rotatable bonds is 12. The van der Waals surface area contributed by atoms with Crippen molar-refractivity contribution in [1.82, 2.24) is 4.90 Å². The molecule has 0 aromatic heterocycles. The molecule has 29 heavy (non-hydrogen) atoms. The van der Waals surface area contributed by atoms with E-state index in [1.807, 2.05) is 0 Å². The minimum atomic E-state index is -2.84. The predicted octanol–water partition coefficient (Wildman–Crippen LogP) is 2.38. The third kappa shape index (κ3) is 9.28. The van der Waals surface area contributed by atoms with Gasteiger partial charge in [0.05, 0.1) is 5.41 Å². The van der Waals surface area contributed by atoms with Crippen LogP contribution in [0.4, 0.5) is 0 Å². The first-order chi connectivity index (χ1) is 13.6. The van der Waals surface area contributed by atoms with Gasteiger partial charge >= 0.3 is 11.9 Å². The second kappa shape index (κ2) is 12.3. The van der Waals surface area contributed by atoms with Gasteiger partial charge in [-0.3, -0.25) is 18.7 Å². The number of esters is 1. The van der Waals surface area contributed by atoms with Crippen LogP contribution in [0.15, 0.2) is 0 Å². The summed E-state index contributed by atoms with van der Waals surface area (Å²) in [6.45, 7) is 6.07. The zero-order chi connectivity index (χ0) is 22.0. The van der Waals surface area contributed by atoms with Crippen LogP contribution in [0.2, 0.25) is 0 Å². The Bertz CT molecular complexity index is 592. The molecule has 1 rings (SSSR count). The molecule has 0 aromatic carbocycles. The highest BCUT2D eigenvalue weighted by Crippen LogP contribution is 2.30. The zero-order valence-corrected chi connectivity index (χ0v) is 18.6. The number of hydrogen-bond donors (Lipinski definition) is 2. The van der Waals surface area contributed by atoms with E-state index in [0.717, 1.165) is 19.3 Å². The molecule has 1 amide bonds. The van der Waals surface area contributed by atoms with E-state index in [0.29, 0.717) is 38.8 Å². The minimum absolute atomic E-state index is 0.328. The molecule has 2 unspecified atom stereocenters. The summed E-state index contributed by atoms with van der Waals surface area (Å²) in [5, 5.41) is 9.19. The topological polar surface area (TPSA) is 136 Å². The molecular weight excluding hydrogens is 399 g/mol. The third-order valence-electron chi connectivity index (χ3n) is 4.66. The molecule has 3 N–H and O–H groups in total. The Morgan fingerprint density at radius 1 is 1.21 bits per heavy atom. The van der Waals surface area contributed by atoms with Crippen molar-refractivity contribution in [3.63, 3.8) is 0 Å². The summed E-state index contributed by atoms with van der Waals surface area (Å²) in [6.07, 6.45) is 3.39. The fraction of sp³-hybridized carbons (Fsp3) is 0.842. The summed E-state index contributed by atoms with van der Waals surface area (Å²) in [7, 11) is -2.84. The number of nitrogens with zero attached hydrogens (tertiary/aromatic N) is 1.